The number of anilines is 1. The number of thioether (sulfide) groups is 1. The number of benzene rings is 2. The van der Waals surface area contributed by atoms with Crippen molar-refractivity contribution in [3.05, 3.63) is 59.2 Å². The van der Waals surface area contributed by atoms with Crippen LogP contribution in [0.3, 0.4) is 0 Å². The molecule has 1 unspecified atom stereocenters. The summed E-state index contributed by atoms with van der Waals surface area (Å²) in [6.45, 7) is 6.04. The number of carbonyl (C=O) groups excluding carboxylic acids is 1. The number of urea groups is 1. The fraction of sp³-hybridized carbons (Fsp3) is 0.500. The molecule has 2 aromatic rings. The van der Waals surface area contributed by atoms with E-state index in [2.05, 4.69) is 12.2 Å². The number of hydrogen-bond acceptors (Lipinski definition) is 3. The second-order valence-electron chi connectivity index (χ2n) is 10.0. The number of carbonyl (C=O) groups is 2. The Morgan fingerprint density at radius 3 is 2.27 bits per heavy atom. The average molecular weight is 537 g/mol. The minimum absolute atomic E-state index is 0.0802. The van der Waals surface area contributed by atoms with Gasteiger partial charge in [-0.2, -0.15) is 13.2 Å². The molecule has 2 N–H and O–H groups in total. The van der Waals surface area contributed by atoms with E-state index in [1.165, 1.54) is 23.9 Å². The molecule has 0 aliphatic heterocycles. The van der Waals surface area contributed by atoms with Gasteiger partial charge in [0.15, 0.2) is 0 Å². The van der Waals surface area contributed by atoms with Gasteiger partial charge in [-0.3, -0.25) is 4.79 Å². The van der Waals surface area contributed by atoms with Crippen molar-refractivity contribution in [2.45, 2.75) is 87.6 Å². The molecule has 1 aliphatic carbocycles. The van der Waals surface area contributed by atoms with Gasteiger partial charge in [0.05, 0.1) is 5.56 Å². The number of carboxylic acids is 1. The molecule has 0 saturated carbocycles. The lowest BCUT2D eigenvalue weighted by atomic mass is 10.1. The molecule has 3 rings (SSSR count). The van der Waals surface area contributed by atoms with Crippen LogP contribution in [0.5, 0.6) is 0 Å². The molecular weight excluding hydrogens is 501 g/mol. The van der Waals surface area contributed by atoms with Crippen molar-refractivity contribution in [3.8, 4) is 0 Å². The van der Waals surface area contributed by atoms with Crippen molar-refractivity contribution in [3.63, 3.8) is 0 Å². The Bertz CT molecular complexity index is 1090. The second kappa shape index (κ2) is 12.2. The first kappa shape index (κ1) is 28.9. The molecule has 0 spiro atoms. The summed E-state index contributed by atoms with van der Waals surface area (Å²) < 4.78 is 37.8. The van der Waals surface area contributed by atoms with E-state index >= 15 is 0 Å². The fourth-order valence-corrected chi connectivity index (χ4v) is 5.48. The number of hydrogen-bond donors (Lipinski definition) is 2. The summed E-state index contributed by atoms with van der Waals surface area (Å²) in [5.74, 6) is -0.884. The predicted octanol–water partition coefficient (Wildman–Crippen LogP) is 7.63. The zero-order valence-electron chi connectivity index (χ0n) is 21.5. The maximum Gasteiger partial charge on any atom is 0.416 e. The van der Waals surface area contributed by atoms with Crippen LogP contribution in [0, 0.1) is 0 Å². The first-order chi connectivity index (χ1) is 17.4. The van der Waals surface area contributed by atoms with Crippen LogP contribution in [0.4, 0.5) is 23.7 Å². The van der Waals surface area contributed by atoms with E-state index in [-0.39, 0.29) is 12.1 Å². The number of halogens is 3. The normalized spacial score (nSPS) is 15.4. The molecule has 0 saturated heterocycles. The Morgan fingerprint density at radius 2 is 1.65 bits per heavy atom. The van der Waals surface area contributed by atoms with Crippen LogP contribution in [0.1, 0.15) is 69.6 Å². The van der Waals surface area contributed by atoms with E-state index in [4.69, 9.17) is 0 Å². The molecule has 1 atom stereocenters. The number of rotatable bonds is 11. The summed E-state index contributed by atoms with van der Waals surface area (Å²) in [7, 11) is 0. The third kappa shape index (κ3) is 7.90. The van der Waals surface area contributed by atoms with Crippen LogP contribution in [0.2, 0.25) is 0 Å². The molecular formula is C28H35F3N2O3S. The van der Waals surface area contributed by atoms with Gasteiger partial charge < -0.3 is 15.3 Å². The predicted molar refractivity (Wildman–Crippen MR) is 141 cm³/mol. The minimum atomic E-state index is -4.43. The molecule has 202 valence electrons. The summed E-state index contributed by atoms with van der Waals surface area (Å²) >= 11 is 1.29. The van der Waals surface area contributed by atoms with Gasteiger partial charge in [0, 0.05) is 23.2 Å². The first-order valence-electron chi connectivity index (χ1n) is 12.7. The molecule has 2 aromatic carbocycles. The minimum Gasteiger partial charge on any atom is -0.480 e. The van der Waals surface area contributed by atoms with E-state index in [0.29, 0.717) is 25.1 Å². The third-order valence-corrected chi connectivity index (χ3v) is 7.82. The van der Waals surface area contributed by atoms with Crippen LogP contribution in [0.25, 0.3) is 0 Å². The molecule has 0 radical (unpaired) electrons. The number of carboxylic acid groups (broad SMARTS) is 1. The van der Waals surface area contributed by atoms with Gasteiger partial charge in [0.25, 0.3) is 0 Å². The highest BCUT2D eigenvalue weighted by Crippen LogP contribution is 2.36. The lowest BCUT2D eigenvalue weighted by Gasteiger charge is -2.29. The van der Waals surface area contributed by atoms with E-state index < -0.39 is 22.5 Å². The lowest BCUT2D eigenvalue weighted by Crippen LogP contribution is -2.44. The lowest BCUT2D eigenvalue weighted by molar-refractivity contribution is -0.139. The number of unbranched alkanes of at least 4 members (excludes halogenated alkanes) is 4. The van der Waals surface area contributed by atoms with Gasteiger partial charge in [-0.1, -0.05) is 38.7 Å². The van der Waals surface area contributed by atoms with Gasteiger partial charge in [-0.25, -0.2) is 4.79 Å². The maximum atomic E-state index is 13.3. The Balaban J connectivity index is 1.73. The highest BCUT2D eigenvalue weighted by Gasteiger charge is 2.33. The Morgan fingerprint density at radius 1 is 1.00 bits per heavy atom. The topological polar surface area (TPSA) is 69.6 Å². The third-order valence-electron chi connectivity index (χ3n) is 6.64. The van der Waals surface area contributed by atoms with E-state index in [9.17, 15) is 27.9 Å². The molecule has 0 fully saturated rings. The number of nitrogens with zero attached hydrogens (tertiary/aromatic N) is 1. The molecule has 0 heterocycles. The highest BCUT2D eigenvalue weighted by atomic mass is 32.2. The number of amides is 2. The van der Waals surface area contributed by atoms with Crippen molar-refractivity contribution in [2.75, 3.05) is 11.9 Å². The summed E-state index contributed by atoms with van der Waals surface area (Å²) in [5.41, 5.74) is 1.78. The van der Waals surface area contributed by atoms with Crippen LogP contribution in [-0.2, 0) is 23.8 Å². The van der Waals surface area contributed by atoms with Crippen molar-refractivity contribution < 1.29 is 27.9 Å². The quantitative estimate of drug-likeness (QED) is 0.229. The van der Waals surface area contributed by atoms with Gasteiger partial charge >= 0.3 is 18.2 Å². The van der Waals surface area contributed by atoms with Crippen molar-refractivity contribution >= 4 is 29.4 Å². The van der Waals surface area contributed by atoms with Gasteiger partial charge in [0.2, 0.25) is 0 Å². The standard InChI is InChI=1S/C28H35F3N2O3S/c1-4-5-6-7-8-15-33(26(36)32-22-12-10-21(11-13-22)28(29,30)31)23-16-19-9-14-24(18-20(19)17-23)37-27(2,3)25(34)35/h9-14,18,23H,4-8,15-17H2,1-3H3,(H,32,36)(H,34,35). The molecule has 0 aromatic heterocycles. The summed E-state index contributed by atoms with van der Waals surface area (Å²) in [4.78, 5) is 27.5. The van der Waals surface area contributed by atoms with Crippen LogP contribution in [0.15, 0.2) is 47.4 Å². The van der Waals surface area contributed by atoms with Gasteiger partial charge in [-0.05, 0) is 80.6 Å². The molecule has 1 aliphatic rings. The van der Waals surface area contributed by atoms with E-state index in [1.54, 1.807) is 18.7 Å². The van der Waals surface area contributed by atoms with Gasteiger partial charge in [-0.15, -0.1) is 11.8 Å². The highest BCUT2D eigenvalue weighted by molar-refractivity contribution is 8.01. The van der Waals surface area contributed by atoms with Crippen molar-refractivity contribution in [1.29, 1.82) is 0 Å². The largest absolute Gasteiger partial charge is 0.480 e. The van der Waals surface area contributed by atoms with Crippen molar-refractivity contribution in [2.24, 2.45) is 0 Å². The van der Waals surface area contributed by atoms with Gasteiger partial charge in [0.1, 0.15) is 4.75 Å². The van der Waals surface area contributed by atoms with Crippen LogP contribution < -0.4 is 5.32 Å². The monoisotopic (exact) mass is 536 g/mol. The molecule has 0 bridgehead atoms. The fourth-order valence-electron chi connectivity index (χ4n) is 4.47. The molecule has 2 amide bonds. The molecule has 9 heteroatoms. The van der Waals surface area contributed by atoms with Crippen LogP contribution >= 0.6 is 11.8 Å². The maximum absolute atomic E-state index is 13.3. The Labute approximate surface area is 220 Å². The summed E-state index contributed by atoms with van der Waals surface area (Å²) in [6.07, 6.45) is 2.10. The smallest absolute Gasteiger partial charge is 0.416 e. The zero-order chi connectivity index (χ0) is 27.2. The van der Waals surface area contributed by atoms with Crippen molar-refractivity contribution in [1.82, 2.24) is 4.90 Å². The Hall–Kier alpha value is -2.68. The second-order valence-corrected chi connectivity index (χ2v) is 11.7. The van der Waals surface area contributed by atoms with E-state index in [0.717, 1.165) is 60.3 Å². The molecule has 5 nitrogen and oxygen atoms in total. The number of fused-ring (bicyclic) bond motifs is 1. The van der Waals surface area contributed by atoms with E-state index in [1.807, 2.05) is 18.2 Å². The average Bonchev–Trinajstić information content (AvgIpc) is 3.23. The summed E-state index contributed by atoms with van der Waals surface area (Å²) in [6, 6.07) is 10.0. The number of aliphatic carboxylic acids is 1. The first-order valence-corrected chi connectivity index (χ1v) is 13.5. The number of nitrogens with one attached hydrogen (secondary N) is 1. The van der Waals surface area contributed by atoms with Crippen LogP contribution in [-0.4, -0.2) is 39.3 Å². The zero-order valence-corrected chi connectivity index (χ0v) is 22.3. The number of alkyl halides is 3. The summed E-state index contributed by atoms with van der Waals surface area (Å²) in [5, 5.41) is 12.2. The Kier molecular flexibility index (Phi) is 9.56. The SMILES string of the molecule is CCCCCCCN(C(=O)Nc1ccc(C(F)(F)F)cc1)C1Cc2ccc(SC(C)(C)C(=O)O)cc2C1. The molecule has 37 heavy (non-hydrogen) atoms.